The lowest BCUT2D eigenvalue weighted by Crippen LogP contribution is -2.30. The predicted octanol–water partition coefficient (Wildman–Crippen LogP) is 4.07. The number of amides is 1. The van der Waals surface area contributed by atoms with Crippen molar-refractivity contribution >= 4 is 44.0 Å². The molecule has 0 unspecified atom stereocenters. The van der Waals surface area contributed by atoms with Crippen molar-refractivity contribution in [2.75, 3.05) is 31.5 Å². The third-order valence-corrected chi connectivity index (χ3v) is 8.31. The Morgan fingerprint density at radius 2 is 1.93 bits per heavy atom. The molecule has 1 saturated heterocycles. The number of carbonyl (C=O) groups is 1. The van der Waals surface area contributed by atoms with Gasteiger partial charge in [0.25, 0.3) is 5.91 Å². The van der Waals surface area contributed by atoms with E-state index in [1.807, 2.05) is 5.38 Å². The van der Waals surface area contributed by atoms with E-state index in [2.05, 4.69) is 15.2 Å². The molecule has 1 fully saturated rings. The van der Waals surface area contributed by atoms with Gasteiger partial charge in [0.1, 0.15) is 0 Å². The molecule has 0 spiro atoms. The molecule has 0 saturated carbocycles. The van der Waals surface area contributed by atoms with Crippen LogP contribution >= 0.6 is 22.9 Å². The Bertz CT molecular complexity index is 984. The molecule has 0 bridgehead atoms. The summed E-state index contributed by atoms with van der Waals surface area (Å²) >= 11 is 7.55. The van der Waals surface area contributed by atoms with Gasteiger partial charge in [0.15, 0.2) is 5.13 Å². The lowest BCUT2D eigenvalue weighted by Gasteiger charge is -2.25. The second-order valence-electron chi connectivity index (χ2n) is 7.17. The highest BCUT2D eigenvalue weighted by atomic mass is 35.5. The minimum atomic E-state index is -3.68. The van der Waals surface area contributed by atoms with Crippen LogP contribution in [0.4, 0.5) is 5.13 Å². The van der Waals surface area contributed by atoms with Gasteiger partial charge in [0.2, 0.25) is 10.0 Å². The molecule has 0 aliphatic carbocycles. The van der Waals surface area contributed by atoms with Crippen molar-refractivity contribution in [2.45, 2.75) is 44.6 Å². The van der Waals surface area contributed by atoms with Gasteiger partial charge in [-0.05, 0) is 44.1 Å². The smallest absolute Gasteiger partial charge is 0.259 e. The minimum absolute atomic E-state index is 0.0469. The number of piperidine rings is 1. The molecule has 1 aromatic heterocycles. The number of nitrogens with zero attached hydrogens (tertiary/aromatic N) is 3. The summed E-state index contributed by atoms with van der Waals surface area (Å²) in [6.07, 6.45) is 3.69. The molecule has 1 aliphatic rings. The number of thiazole rings is 1. The van der Waals surface area contributed by atoms with Crippen LogP contribution in [0, 0.1) is 0 Å². The maximum atomic E-state index is 12.8. The Labute approximate surface area is 187 Å². The van der Waals surface area contributed by atoms with E-state index in [4.69, 9.17) is 11.6 Å². The maximum Gasteiger partial charge on any atom is 0.259 e. The lowest BCUT2D eigenvalue weighted by molar-refractivity contribution is 0.102. The molecule has 30 heavy (non-hydrogen) atoms. The summed E-state index contributed by atoms with van der Waals surface area (Å²) in [7, 11) is -3.68. The molecule has 0 atom stereocenters. The van der Waals surface area contributed by atoms with Crippen molar-refractivity contribution in [2.24, 2.45) is 0 Å². The predicted molar refractivity (Wildman–Crippen MR) is 121 cm³/mol. The van der Waals surface area contributed by atoms with Crippen molar-refractivity contribution < 1.29 is 13.2 Å². The zero-order valence-electron chi connectivity index (χ0n) is 17.2. The minimum Gasteiger partial charge on any atom is -0.298 e. The first-order valence-corrected chi connectivity index (χ1v) is 12.8. The highest BCUT2D eigenvalue weighted by Gasteiger charge is 2.24. The second-order valence-corrected chi connectivity index (χ2v) is 10.4. The van der Waals surface area contributed by atoms with Gasteiger partial charge in [-0.1, -0.05) is 31.9 Å². The standard InChI is InChI=1S/C20H27ClN4O3S2/c1-3-25(4-2)30(27,28)16-8-9-18(21)17(12-16)19(26)23-20-22-15(14-29-20)13-24-10-6-5-7-11-24/h8-9,12,14H,3-7,10-11,13H2,1-2H3,(H,22,23,26). The molecular formula is C20H27ClN4O3S2. The number of halogens is 1. The van der Waals surface area contributed by atoms with Crippen LogP contribution in [0.25, 0.3) is 0 Å². The fourth-order valence-electron chi connectivity index (χ4n) is 3.50. The first kappa shape index (κ1) is 23.1. The van der Waals surface area contributed by atoms with Gasteiger partial charge >= 0.3 is 0 Å². The third-order valence-electron chi connectivity index (χ3n) is 5.13. The first-order valence-electron chi connectivity index (χ1n) is 10.1. The number of carbonyl (C=O) groups excluding carboxylic acids is 1. The Morgan fingerprint density at radius 3 is 2.60 bits per heavy atom. The van der Waals surface area contributed by atoms with Crippen LogP contribution < -0.4 is 5.32 Å². The zero-order valence-corrected chi connectivity index (χ0v) is 19.6. The topological polar surface area (TPSA) is 82.6 Å². The first-order chi connectivity index (χ1) is 14.3. The molecule has 3 rings (SSSR count). The molecule has 1 aliphatic heterocycles. The average Bonchev–Trinajstić information content (AvgIpc) is 3.16. The van der Waals surface area contributed by atoms with Gasteiger partial charge in [-0.15, -0.1) is 11.3 Å². The van der Waals surface area contributed by atoms with Crippen molar-refractivity contribution in [1.29, 1.82) is 0 Å². The normalized spacial score (nSPS) is 15.5. The van der Waals surface area contributed by atoms with Crippen LogP contribution in [0.1, 0.15) is 49.2 Å². The monoisotopic (exact) mass is 470 g/mol. The van der Waals surface area contributed by atoms with Crippen LogP contribution in [0.5, 0.6) is 0 Å². The maximum absolute atomic E-state index is 12.8. The van der Waals surface area contributed by atoms with Crippen LogP contribution in [0.3, 0.4) is 0 Å². The number of hydrogen-bond acceptors (Lipinski definition) is 6. The molecule has 0 radical (unpaired) electrons. The highest BCUT2D eigenvalue weighted by Crippen LogP contribution is 2.25. The second kappa shape index (κ2) is 10.2. The van der Waals surface area contributed by atoms with Crippen molar-refractivity contribution in [3.8, 4) is 0 Å². The van der Waals surface area contributed by atoms with E-state index >= 15 is 0 Å². The van der Waals surface area contributed by atoms with Gasteiger partial charge < -0.3 is 0 Å². The third kappa shape index (κ3) is 5.39. The molecule has 10 heteroatoms. The van der Waals surface area contributed by atoms with E-state index in [0.717, 1.165) is 25.3 Å². The van der Waals surface area contributed by atoms with E-state index in [-0.39, 0.29) is 15.5 Å². The summed E-state index contributed by atoms with van der Waals surface area (Å²) in [5.41, 5.74) is 1.03. The Hall–Kier alpha value is -1.52. The molecule has 2 aromatic rings. The van der Waals surface area contributed by atoms with E-state index < -0.39 is 15.9 Å². The largest absolute Gasteiger partial charge is 0.298 e. The molecule has 1 amide bonds. The Kier molecular flexibility index (Phi) is 7.86. The number of anilines is 1. The van der Waals surface area contributed by atoms with Crippen molar-refractivity contribution in [3.05, 3.63) is 39.9 Å². The summed E-state index contributed by atoms with van der Waals surface area (Å²) in [6.45, 7) is 7.16. The average molecular weight is 471 g/mol. The molecule has 1 N–H and O–H groups in total. The molecular weight excluding hydrogens is 444 g/mol. The molecule has 1 aromatic carbocycles. The molecule has 164 valence electrons. The Morgan fingerprint density at radius 1 is 1.23 bits per heavy atom. The fraction of sp³-hybridized carbons (Fsp3) is 0.500. The zero-order chi connectivity index (χ0) is 21.7. The van der Waals surface area contributed by atoms with E-state index in [9.17, 15) is 13.2 Å². The number of aromatic nitrogens is 1. The lowest BCUT2D eigenvalue weighted by atomic mass is 10.1. The summed E-state index contributed by atoms with van der Waals surface area (Å²) < 4.78 is 26.9. The quantitative estimate of drug-likeness (QED) is 0.628. The molecule has 2 heterocycles. The SMILES string of the molecule is CCN(CC)S(=O)(=O)c1ccc(Cl)c(C(=O)Nc2nc(CN3CCCCC3)cs2)c1. The number of sulfonamides is 1. The fourth-order valence-corrected chi connectivity index (χ4v) is 5.88. The van der Waals surface area contributed by atoms with E-state index in [1.165, 1.54) is 53.1 Å². The summed E-state index contributed by atoms with van der Waals surface area (Å²) in [5.74, 6) is -0.476. The number of nitrogens with one attached hydrogen (secondary N) is 1. The number of hydrogen-bond donors (Lipinski definition) is 1. The number of benzene rings is 1. The van der Waals surface area contributed by atoms with Gasteiger partial charge in [-0.3, -0.25) is 15.0 Å². The highest BCUT2D eigenvalue weighted by molar-refractivity contribution is 7.89. The van der Waals surface area contributed by atoms with Gasteiger partial charge in [0, 0.05) is 25.0 Å². The van der Waals surface area contributed by atoms with Crippen LogP contribution in [-0.4, -0.2) is 54.7 Å². The summed E-state index contributed by atoms with van der Waals surface area (Å²) in [4.78, 5) is 19.7. The number of rotatable bonds is 8. The van der Waals surface area contributed by atoms with Gasteiger partial charge in [-0.25, -0.2) is 13.4 Å². The molecule has 7 nitrogen and oxygen atoms in total. The van der Waals surface area contributed by atoms with Gasteiger partial charge in [0.05, 0.1) is 21.2 Å². The number of likely N-dealkylation sites (tertiary alicyclic amines) is 1. The van der Waals surface area contributed by atoms with Crippen molar-refractivity contribution in [1.82, 2.24) is 14.2 Å². The van der Waals surface area contributed by atoms with Gasteiger partial charge in [-0.2, -0.15) is 4.31 Å². The van der Waals surface area contributed by atoms with Crippen molar-refractivity contribution in [3.63, 3.8) is 0 Å². The van der Waals surface area contributed by atoms with Crippen LogP contribution in [0.2, 0.25) is 5.02 Å². The van der Waals surface area contributed by atoms with Crippen LogP contribution in [0.15, 0.2) is 28.5 Å². The van der Waals surface area contributed by atoms with E-state index in [0.29, 0.717) is 18.2 Å². The van der Waals surface area contributed by atoms with E-state index in [1.54, 1.807) is 13.8 Å². The summed E-state index contributed by atoms with van der Waals surface area (Å²) in [6, 6.07) is 4.19. The van der Waals surface area contributed by atoms with Crippen LogP contribution in [-0.2, 0) is 16.6 Å². The Balaban J connectivity index is 1.74. The summed E-state index contributed by atoms with van der Waals surface area (Å²) in [5, 5.41) is 5.35.